The number of rotatable bonds is 5. The smallest absolute Gasteiger partial charge is 0.229 e. The number of nitrogens with one attached hydrogen (secondary N) is 2. The summed E-state index contributed by atoms with van der Waals surface area (Å²) in [6.45, 7) is 0. The van der Waals surface area contributed by atoms with Gasteiger partial charge in [-0.15, -0.1) is 0 Å². The molecule has 0 amide bonds. The van der Waals surface area contributed by atoms with Crippen molar-refractivity contribution in [2.45, 2.75) is 18.9 Å². The predicted octanol–water partition coefficient (Wildman–Crippen LogP) is 3.21. The van der Waals surface area contributed by atoms with E-state index in [9.17, 15) is 4.79 Å². The molecule has 0 spiro atoms. The Kier molecular flexibility index (Phi) is 3.81. The van der Waals surface area contributed by atoms with E-state index in [4.69, 9.17) is 0 Å². The molecule has 1 saturated carbocycles. The van der Waals surface area contributed by atoms with E-state index in [2.05, 4.69) is 43.2 Å². The van der Waals surface area contributed by atoms with Crippen LogP contribution in [0.1, 0.15) is 23.2 Å². The van der Waals surface area contributed by atoms with Crippen LogP contribution in [0.25, 0.3) is 0 Å². The molecule has 0 radical (unpaired) electrons. The van der Waals surface area contributed by atoms with Gasteiger partial charge >= 0.3 is 0 Å². The zero-order valence-electron chi connectivity index (χ0n) is 10.6. The topological polar surface area (TPSA) is 66.9 Å². The van der Waals surface area contributed by atoms with Crippen LogP contribution < -0.4 is 10.6 Å². The number of hydrogen-bond acceptors (Lipinski definition) is 5. The van der Waals surface area contributed by atoms with Gasteiger partial charge < -0.3 is 10.6 Å². The fourth-order valence-corrected chi connectivity index (χ4v) is 2.18. The van der Waals surface area contributed by atoms with Gasteiger partial charge in [0.2, 0.25) is 5.95 Å². The molecule has 102 valence electrons. The fourth-order valence-electron chi connectivity index (χ4n) is 1.77. The highest BCUT2D eigenvalue weighted by atomic mass is 127. The summed E-state index contributed by atoms with van der Waals surface area (Å²) in [4.78, 5) is 19.5. The average Bonchev–Trinajstić information content (AvgIpc) is 3.27. The fraction of sp³-hybridized carbons (Fsp3) is 0.214. The number of benzene rings is 1. The average molecular weight is 380 g/mol. The van der Waals surface area contributed by atoms with Crippen molar-refractivity contribution in [3.05, 3.63) is 39.6 Å². The van der Waals surface area contributed by atoms with Crippen molar-refractivity contribution in [3.63, 3.8) is 0 Å². The molecule has 20 heavy (non-hydrogen) atoms. The monoisotopic (exact) mass is 380 g/mol. The summed E-state index contributed by atoms with van der Waals surface area (Å²) in [5.41, 5.74) is 1.42. The third-order valence-corrected chi connectivity index (χ3v) is 3.73. The van der Waals surface area contributed by atoms with Crippen LogP contribution in [0, 0.1) is 3.57 Å². The second kappa shape index (κ2) is 5.74. The van der Waals surface area contributed by atoms with Crippen LogP contribution in [0.15, 0.2) is 30.5 Å². The Bertz CT molecular complexity index is 643. The summed E-state index contributed by atoms with van der Waals surface area (Å²) in [5, 5.41) is 6.49. The van der Waals surface area contributed by atoms with Gasteiger partial charge in [0.05, 0.1) is 3.57 Å². The molecule has 1 aromatic heterocycles. The quantitative estimate of drug-likeness (QED) is 0.616. The first-order chi connectivity index (χ1) is 9.74. The number of anilines is 3. The van der Waals surface area contributed by atoms with Crippen molar-refractivity contribution in [2.75, 3.05) is 10.6 Å². The molecule has 0 aliphatic heterocycles. The maximum absolute atomic E-state index is 10.8. The minimum atomic E-state index is 0.525. The van der Waals surface area contributed by atoms with E-state index < -0.39 is 0 Å². The van der Waals surface area contributed by atoms with Gasteiger partial charge in [-0.2, -0.15) is 4.98 Å². The lowest BCUT2D eigenvalue weighted by atomic mass is 10.2. The summed E-state index contributed by atoms with van der Waals surface area (Å²) in [5.74, 6) is 1.38. The molecule has 1 aliphatic carbocycles. The highest BCUT2D eigenvalue weighted by Gasteiger charge is 2.22. The van der Waals surface area contributed by atoms with Crippen LogP contribution in [0.4, 0.5) is 17.5 Å². The van der Waals surface area contributed by atoms with E-state index in [0.717, 1.165) is 21.4 Å². The Morgan fingerprint density at radius 1 is 1.35 bits per heavy atom. The number of aldehydes is 1. The molecule has 2 N–H and O–H groups in total. The van der Waals surface area contributed by atoms with E-state index in [1.54, 1.807) is 18.3 Å². The van der Waals surface area contributed by atoms with Crippen molar-refractivity contribution in [2.24, 2.45) is 0 Å². The van der Waals surface area contributed by atoms with Crippen LogP contribution in [0.2, 0.25) is 0 Å². The van der Waals surface area contributed by atoms with Crippen LogP contribution >= 0.6 is 22.6 Å². The van der Waals surface area contributed by atoms with Gasteiger partial charge in [0.1, 0.15) is 12.1 Å². The largest absolute Gasteiger partial charge is 0.366 e. The lowest BCUT2D eigenvalue weighted by Crippen LogP contribution is -2.07. The Morgan fingerprint density at radius 2 is 2.20 bits per heavy atom. The molecular formula is C14H13IN4O. The lowest BCUT2D eigenvalue weighted by molar-refractivity contribution is 0.112. The first-order valence-corrected chi connectivity index (χ1v) is 7.44. The van der Waals surface area contributed by atoms with E-state index in [-0.39, 0.29) is 0 Å². The zero-order chi connectivity index (χ0) is 13.9. The van der Waals surface area contributed by atoms with Gasteiger partial charge in [-0.05, 0) is 47.6 Å². The normalized spacial score (nSPS) is 13.8. The van der Waals surface area contributed by atoms with Crippen molar-refractivity contribution >= 4 is 46.3 Å². The van der Waals surface area contributed by atoms with Crippen molar-refractivity contribution in [1.82, 2.24) is 9.97 Å². The van der Waals surface area contributed by atoms with Gasteiger partial charge in [0.25, 0.3) is 0 Å². The van der Waals surface area contributed by atoms with E-state index in [1.165, 1.54) is 12.8 Å². The number of hydrogen-bond donors (Lipinski definition) is 2. The number of carbonyl (C=O) groups excluding carboxylic acids is 1. The van der Waals surface area contributed by atoms with E-state index >= 15 is 0 Å². The summed E-state index contributed by atoms with van der Waals surface area (Å²) in [6.07, 6.45) is 5.00. The molecule has 1 aromatic carbocycles. The molecule has 3 rings (SSSR count). The van der Waals surface area contributed by atoms with Crippen molar-refractivity contribution in [1.29, 1.82) is 0 Å². The van der Waals surface area contributed by atoms with E-state index in [0.29, 0.717) is 17.6 Å². The molecule has 2 aromatic rings. The summed E-state index contributed by atoms with van der Waals surface area (Å²) in [7, 11) is 0. The summed E-state index contributed by atoms with van der Waals surface area (Å²) < 4.78 is 1.00. The molecule has 0 bridgehead atoms. The first kappa shape index (κ1) is 13.3. The maximum Gasteiger partial charge on any atom is 0.229 e. The number of nitrogens with zero attached hydrogens (tertiary/aromatic N) is 2. The SMILES string of the molecule is O=Cc1cccc(Nc2ncc(I)c(NC3CC3)n2)c1. The standard InChI is InChI=1S/C14H13IN4O/c15-12-7-16-14(19-13(12)17-10-4-5-10)18-11-3-1-2-9(6-11)8-20/h1-3,6-8,10H,4-5H2,(H2,16,17,18,19). The molecule has 5 nitrogen and oxygen atoms in total. The molecule has 0 atom stereocenters. The van der Waals surface area contributed by atoms with Gasteiger partial charge in [0.15, 0.2) is 0 Å². The molecule has 1 fully saturated rings. The van der Waals surface area contributed by atoms with Crippen LogP contribution in [-0.4, -0.2) is 22.3 Å². The van der Waals surface area contributed by atoms with Crippen molar-refractivity contribution < 1.29 is 4.79 Å². The molecule has 1 heterocycles. The Morgan fingerprint density at radius 3 is 2.95 bits per heavy atom. The Hall–Kier alpha value is -1.70. The second-order valence-corrected chi connectivity index (χ2v) is 5.84. The Labute approximate surface area is 130 Å². The number of aromatic nitrogens is 2. The summed E-state index contributed by atoms with van der Waals surface area (Å²) in [6, 6.07) is 7.77. The Balaban J connectivity index is 1.80. The van der Waals surface area contributed by atoms with E-state index in [1.807, 2.05) is 12.1 Å². The minimum absolute atomic E-state index is 0.525. The van der Waals surface area contributed by atoms with Crippen molar-refractivity contribution in [3.8, 4) is 0 Å². The maximum atomic E-state index is 10.8. The zero-order valence-corrected chi connectivity index (χ0v) is 12.8. The van der Waals surface area contributed by atoms with Gasteiger partial charge in [-0.1, -0.05) is 12.1 Å². The first-order valence-electron chi connectivity index (χ1n) is 6.36. The lowest BCUT2D eigenvalue weighted by Gasteiger charge is -2.09. The highest BCUT2D eigenvalue weighted by Crippen LogP contribution is 2.27. The minimum Gasteiger partial charge on any atom is -0.366 e. The third-order valence-electron chi connectivity index (χ3n) is 2.94. The molecule has 1 aliphatic rings. The molecular weight excluding hydrogens is 367 g/mol. The highest BCUT2D eigenvalue weighted by molar-refractivity contribution is 14.1. The van der Waals surface area contributed by atoms with Crippen LogP contribution in [-0.2, 0) is 0 Å². The van der Waals surface area contributed by atoms with Gasteiger partial charge in [-0.3, -0.25) is 4.79 Å². The van der Waals surface area contributed by atoms with Gasteiger partial charge in [0, 0.05) is 23.5 Å². The summed E-state index contributed by atoms with van der Waals surface area (Å²) >= 11 is 2.22. The van der Waals surface area contributed by atoms with Gasteiger partial charge in [-0.25, -0.2) is 4.98 Å². The second-order valence-electron chi connectivity index (χ2n) is 4.68. The third kappa shape index (κ3) is 3.24. The molecule has 0 saturated heterocycles. The number of halogens is 1. The van der Waals surface area contributed by atoms with Crippen LogP contribution in [0.3, 0.4) is 0 Å². The molecule has 6 heteroatoms. The van der Waals surface area contributed by atoms with Crippen LogP contribution in [0.5, 0.6) is 0 Å². The number of carbonyl (C=O) groups is 1. The predicted molar refractivity (Wildman–Crippen MR) is 86.5 cm³/mol. The molecule has 0 unspecified atom stereocenters.